The predicted octanol–water partition coefficient (Wildman–Crippen LogP) is 3.56. The molecule has 0 radical (unpaired) electrons. The molecule has 0 aliphatic heterocycles. The molecule has 104 valence electrons. The van der Waals surface area contributed by atoms with Gasteiger partial charge in [0, 0.05) is 17.8 Å². The van der Waals surface area contributed by atoms with Gasteiger partial charge in [-0.2, -0.15) is 0 Å². The van der Waals surface area contributed by atoms with Gasteiger partial charge in [-0.3, -0.25) is 0 Å². The molecule has 3 nitrogen and oxygen atoms in total. The fourth-order valence-electron chi connectivity index (χ4n) is 2.81. The van der Waals surface area contributed by atoms with Crippen molar-refractivity contribution in [2.24, 2.45) is 5.73 Å². The number of nitrogens with zero attached hydrogens (tertiary/aromatic N) is 1. The van der Waals surface area contributed by atoms with Crippen LogP contribution < -0.4 is 10.5 Å². The number of ether oxygens (including phenoxy) is 1. The number of aryl methyl sites for hydroxylation is 1. The Kier molecular flexibility index (Phi) is 3.70. The van der Waals surface area contributed by atoms with Crippen molar-refractivity contribution in [2.45, 2.75) is 38.3 Å². The highest BCUT2D eigenvalue weighted by atomic mass is 16.5. The minimum Gasteiger partial charge on any atom is -0.469 e. The molecule has 3 heteroatoms. The van der Waals surface area contributed by atoms with Crippen LogP contribution in [0.4, 0.5) is 0 Å². The van der Waals surface area contributed by atoms with Crippen LogP contribution in [0.1, 0.15) is 48.6 Å². The molecule has 2 atom stereocenters. The zero-order valence-corrected chi connectivity index (χ0v) is 11.8. The van der Waals surface area contributed by atoms with Crippen molar-refractivity contribution in [2.75, 3.05) is 0 Å². The Morgan fingerprint density at radius 2 is 2.10 bits per heavy atom. The number of hydrogen-bond acceptors (Lipinski definition) is 3. The first-order valence-corrected chi connectivity index (χ1v) is 7.20. The van der Waals surface area contributed by atoms with E-state index in [9.17, 15) is 0 Å². The lowest BCUT2D eigenvalue weighted by atomic mass is 9.89. The molecular weight excluding hydrogens is 248 g/mol. The van der Waals surface area contributed by atoms with Gasteiger partial charge in [0.1, 0.15) is 6.10 Å². The molecule has 0 saturated heterocycles. The summed E-state index contributed by atoms with van der Waals surface area (Å²) in [5, 5.41) is 0. The Bertz CT molecular complexity index is 595. The topological polar surface area (TPSA) is 48.1 Å². The summed E-state index contributed by atoms with van der Waals surface area (Å²) in [6.07, 6.45) is 5.18. The van der Waals surface area contributed by atoms with Crippen LogP contribution in [0.2, 0.25) is 0 Å². The van der Waals surface area contributed by atoms with Crippen LogP contribution in [-0.2, 0) is 6.42 Å². The number of aromatic nitrogens is 1. The van der Waals surface area contributed by atoms with E-state index < -0.39 is 0 Å². The zero-order chi connectivity index (χ0) is 13.9. The van der Waals surface area contributed by atoms with Crippen molar-refractivity contribution >= 4 is 0 Å². The van der Waals surface area contributed by atoms with Crippen LogP contribution in [-0.4, -0.2) is 4.98 Å². The lowest BCUT2D eigenvalue weighted by molar-refractivity contribution is 0.173. The van der Waals surface area contributed by atoms with E-state index in [1.807, 2.05) is 19.1 Å². The maximum Gasteiger partial charge on any atom is 0.218 e. The van der Waals surface area contributed by atoms with Gasteiger partial charge in [-0.25, -0.2) is 4.98 Å². The van der Waals surface area contributed by atoms with Gasteiger partial charge in [0.2, 0.25) is 5.88 Å². The summed E-state index contributed by atoms with van der Waals surface area (Å²) < 4.78 is 6.18. The Balaban J connectivity index is 1.90. The first-order valence-electron chi connectivity index (χ1n) is 7.20. The van der Waals surface area contributed by atoms with E-state index in [0.29, 0.717) is 5.88 Å². The number of benzene rings is 1. The minimum absolute atomic E-state index is 0.0717. The average molecular weight is 268 g/mol. The molecule has 0 amide bonds. The molecule has 3 rings (SSSR count). The highest BCUT2D eigenvalue weighted by Gasteiger charge is 2.23. The van der Waals surface area contributed by atoms with Crippen LogP contribution in [0.15, 0.2) is 42.6 Å². The van der Waals surface area contributed by atoms with E-state index in [0.717, 1.165) is 24.8 Å². The Labute approximate surface area is 119 Å². The van der Waals surface area contributed by atoms with Crippen molar-refractivity contribution in [1.29, 1.82) is 0 Å². The van der Waals surface area contributed by atoms with Crippen LogP contribution in [0, 0.1) is 0 Å². The molecule has 1 aromatic carbocycles. The van der Waals surface area contributed by atoms with Crippen LogP contribution in [0.5, 0.6) is 5.88 Å². The fraction of sp³-hybridized carbons (Fsp3) is 0.353. The van der Waals surface area contributed by atoms with E-state index in [1.54, 1.807) is 6.20 Å². The standard InChI is InChI=1S/C17H20N2O/c1-12(18)14-9-5-11-19-17(14)20-16-10-4-7-13-6-2-3-8-15(13)16/h2-3,5-6,8-9,11-12,16H,4,7,10,18H2,1H3/t12-,16?/m1/s1. The molecule has 2 N–H and O–H groups in total. The molecule has 0 spiro atoms. The second-order valence-corrected chi connectivity index (χ2v) is 5.38. The van der Waals surface area contributed by atoms with Gasteiger partial charge < -0.3 is 10.5 Å². The molecule has 1 aliphatic carbocycles. The van der Waals surface area contributed by atoms with Crippen LogP contribution >= 0.6 is 0 Å². The summed E-state index contributed by atoms with van der Waals surface area (Å²) in [4.78, 5) is 4.36. The lowest BCUT2D eigenvalue weighted by Crippen LogP contribution is -2.17. The van der Waals surface area contributed by atoms with Gasteiger partial charge >= 0.3 is 0 Å². The summed E-state index contributed by atoms with van der Waals surface area (Å²) in [5.41, 5.74) is 9.64. The maximum atomic E-state index is 6.18. The zero-order valence-electron chi connectivity index (χ0n) is 11.8. The van der Waals surface area contributed by atoms with Crippen LogP contribution in [0.25, 0.3) is 0 Å². The maximum absolute atomic E-state index is 6.18. The molecule has 1 aliphatic rings. The van der Waals surface area contributed by atoms with Gasteiger partial charge in [-0.15, -0.1) is 0 Å². The SMILES string of the molecule is C[C@@H](N)c1cccnc1OC1CCCc2ccccc21. The second kappa shape index (κ2) is 5.63. The van der Waals surface area contributed by atoms with E-state index >= 15 is 0 Å². The summed E-state index contributed by atoms with van der Waals surface area (Å²) in [6.45, 7) is 1.96. The first kappa shape index (κ1) is 13.1. The highest BCUT2D eigenvalue weighted by Crippen LogP contribution is 2.34. The number of pyridine rings is 1. The summed E-state index contributed by atoms with van der Waals surface area (Å²) in [6, 6.07) is 12.3. The quantitative estimate of drug-likeness (QED) is 0.926. The third-order valence-electron chi connectivity index (χ3n) is 3.86. The van der Waals surface area contributed by atoms with E-state index in [-0.39, 0.29) is 12.1 Å². The Morgan fingerprint density at radius 3 is 2.95 bits per heavy atom. The largest absolute Gasteiger partial charge is 0.469 e. The second-order valence-electron chi connectivity index (χ2n) is 5.38. The van der Waals surface area contributed by atoms with E-state index in [1.165, 1.54) is 11.1 Å². The minimum atomic E-state index is -0.0717. The van der Waals surface area contributed by atoms with Crippen molar-refractivity contribution < 1.29 is 4.74 Å². The molecule has 1 aromatic heterocycles. The summed E-state index contributed by atoms with van der Waals surface area (Å²) in [5.74, 6) is 0.671. The van der Waals surface area contributed by atoms with Crippen molar-refractivity contribution in [3.63, 3.8) is 0 Å². The molecule has 20 heavy (non-hydrogen) atoms. The van der Waals surface area contributed by atoms with Gasteiger partial charge in [-0.05, 0) is 43.4 Å². The third-order valence-corrected chi connectivity index (χ3v) is 3.86. The van der Waals surface area contributed by atoms with Gasteiger partial charge in [0.25, 0.3) is 0 Å². The number of nitrogens with two attached hydrogens (primary N) is 1. The summed E-state index contributed by atoms with van der Waals surface area (Å²) in [7, 11) is 0. The number of rotatable bonds is 3. The number of fused-ring (bicyclic) bond motifs is 1. The first-order chi connectivity index (χ1) is 9.75. The van der Waals surface area contributed by atoms with E-state index in [2.05, 4.69) is 29.2 Å². The molecular formula is C17H20N2O. The van der Waals surface area contributed by atoms with Crippen molar-refractivity contribution in [3.8, 4) is 5.88 Å². The highest BCUT2D eigenvalue weighted by molar-refractivity contribution is 5.34. The monoisotopic (exact) mass is 268 g/mol. The van der Waals surface area contributed by atoms with Gasteiger partial charge in [-0.1, -0.05) is 30.3 Å². The molecule has 2 aromatic rings. The fourth-order valence-corrected chi connectivity index (χ4v) is 2.81. The normalized spacial score (nSPS) is 19.2. The van der Waals surface area contributed by atoms with Gasteiger partial charge in [0.05, 0.1) is 0 Å². The van der Waals surface area contributed by atoms with Crippen molar-refractivity contribution in [1.82, 2.24) is 4.98 Å². The smallest absolute Gasteiger partial charge is 0.218 e. The molecule has 1 unspecified atom stereocenters. The van der Waals surface area contributed by atoms with E-state index in [4.69, 9.17) is 10.5 Å². The predicted molar refractivity (Wildman–Crippen MR) is 79.6 cm³/mol. The molecule has 0 fully saturated rings. The number of hydrogen-bond donors (Lipinski definition) is 1. The molecule has 1 heterocycles. The molecule has 0 saturated carbocycles. The van der Waals surface area contributed by atoms with Crippen LogP contribution in [0.3, 0.4) is 0 Å². The Hall–Kier alpha value is -1.87. The van der Waals surface area contributed by atoms with Crippen molar-refractivity contribution in [3.05, 3.63) is 59.3 Å². The average Bonchev–Trinajstić information content (AvgIpc) is 2.48. The molecule has 0 bridgehead atoms. The third kappa shape index (κ3) is 2.54. The summed E-state index contributed by atoms with van der Waals surface area (Å²) >= 11 is 0. The lowest BCUT2D eigenvalue weighted by Gasteiger charge is -2.27. The van der Waals surface area contributed by atoms with Gasteiger partial charge in [0.15, 0.2) is 0 Å². The Morgan fingerprint density at radius 1 is 1.25 bits per heavy atom.